The van der Waals surface area contributed by atoms with Crippen molar-refractivity contribution in [1.29, 1.82) is 0 Å². The minimum Gasteiger partial charge on any atom is -0.362 e. The number of carbonyl (C=O) groups excluding carboxylic acids is 1. The van der Waals surface area contributed by atoms with Gasteiger partial charge in [0.2, 0.25) is 5.91 Å². The third-order valence-corrected chi connectivity index (χ3v) is 5.21. The van der Waals surface area contributed by atoms with Crippen molar-refractivity contribution in [2.75, 3.05) is 12.3 Å². The number of fused-ring (bicyclic) bond motifs is 1. The van der Waals surface area contributed by atoms with E-state index in [4.69, 9.17) is 12.2 Å². The second-order valence-corrected chi connectivity index (χ2v) is 7.21. The third-order valence-electron chi connectivity index (χ3n) is 2.70. The molecule has 22 heavy (non-hydrogen) atoms. The van der Waals surface area contributed by atoms with Gasteiger partial charge in [0.25, 0.3) is 0 Å². The van der Waals surface area contributed by atoms with Gasteiger partial charge in [-0.25, -0.2) is 4.98 Å². The van der Waals surface area contributed by atoms with Gasteiger partial charge in [0.1, 0.15) is 0 Å². The summed E-state index contributed by atoms with van der Waals surface area (Å²) < 4.78 is 2.25. The first kappa shape index (κ1) is 17.0. The monoisotopic (exact) mass is 354 g/mol. The van der Waals surface area contributed by atoms with Gasteiger partial charge >= 0.3 is 0 Å². The topological polar surface area (TPSA) is 66.0 Å². The van der Waals surface area contributed by atoms with Crippen molar-refractivity contribution in [1.82, 2.24) is 21.2 Å². The molecule has 8 heteroatoms. The lowest BCUT2D eigenvalue weighted by Gasteiger charge is -2.09. The van der Waals surface area contributed by atoms with Crippen LogP contribution >= 0.6 is 35.3 Å². The number of para-hydroxylation sites is 1. The standard InChI is InChI=1S/C14H18N4OS3/c1-2-15-13(20)18-17-12(19)8-5-9-21-14-16-10-6-3-4-7-11(10)22-14/h3-4,6-7H,2,5,8-9H2,1H3,(H,17,19)(H2,15,18,20). The highest BCUT2D eigenvalue weighted by Gasteiger charge is 2.05. The highest BCUT2D eigenvalue weighted by atomic mass is 32.2. The molecule has 5 nitrogen and oxygen atoms in total. The molecular weight excluding hydrogens is 336 g/mol. The van der Waals surface area contributed by atoms with E-state index in [1.54, 1.807) is 23.1 Å². The zero-order chi connectivity index (χ0) is 15.8. The average molecular weight is 355 g/mol. The first-order valence-electron chi connectivity index (χ1n) is 7.00. The molecule has 1 aromatic heterocycles. The average Bonchev–Trinajstić information content (AvgIpc) is 2.92. The number of hydrogen-bond acceptors (Lipinski definition) is 5. The summed E-state index contributed by atoms with van der Waals surface area (Å²) in [6, 6.07) is 8.10. The van der Waals surface area contributed by atoms with Gasteiger partial charge < -0.3 is 5.32 Å². The fraction of sp³-hybridized carbons (Fsp3) is 0.357. The van der Waals surface area contributed by atoms with Crippen LogP contribution in [-0.4, -0.2) is 28.3 Å². The molecule has 0 saturated carbocycles. The molecule has 0 atom stereocenters. The number of nitrogens with one attached hydrogen (secondary N) is 3. The van der Waals surface area contributed by atoms with Crippen molar-refractivity contribution in [3.63, 3.8) is 0 Å². The summed E-state index contributed by atoms with van der Waals surface area (Å²) >= 11 is 8.33. The highest BCUT2D eigenvalue weighted by molar-refractivity contribution is 8.01. The van der Waals surface area contributed by atoms with Gasteiger partial charge in [-0.3, -0.25) is 15.6 Å². The van der Waals surface area contributed by atoms with Crippen LogP contribution in [0.3, 0.4) is 0 Å². The van der Waals surface area contributed by atoms with Crippen LogP contribution < -0.4 is 16.2 Å². The molecule has 0 radical (unpaired) electrons. The number of hydrazine groups is 1. The third kappa shape index (κ3) is 5.43. The minimum absolute atomic E-state index is 0.0647. The number of hydrogen-bond donors (Lipinski definition) is 3. The van der Waals surface area contributed by atoms with E-state index in [1.165, 1.54) is 4.70 Å². The number of thiocarbonyl (C=S) groups is 1. The molecule has 0 aliphatic heterocycles. The Kier molecular flexibility index (Phi) is 6.88. The molecule has 2 rings (SSSR count). The lowest BCUT2D eigenvalue weighted by molar-refractivity contribution is -0.121. The van der Waals surface area contributed by atoms with Gasteiger partial charge in [-0.2, -0.15) is 0 Å². The smallest absolute Gasteiger partial charge is 0.238 e. The number of thiazole rings is 1. The summed E-state index contributed by atoms with van der Waals surface area (Å²) in [5.74, 6) is 0.801. The fourth-order valence-corrected chi connectivity index (χ4v) is 3.97. The van der Waals surface area contributed by atoms with E-state index in [9.17, 15) is 4.79 Å². The molecule has 0 unspecified atom stereocenters. The maximum atomic E-state index is 11.6. The summed E-state index contributed by atoms with van der Waals surface area (Å²) in [4.78, 5) is 16.2. The number of rotatable bonds is 6. The normalized spacial score (nSPS) is 10.4. The number of thioether (sulfide) groups is 1. The van der Waals surface area contributed by atoms with Crippen LogP contribution in [0, 0.1) is 0 Å². The first-order valence-corrected chi connectivity index (χ1v) is 9.21. The van der Waals surface area contributed by atoms with Crippen LogP contribution in [0.25, 0.3) is 10.2 Å². The summed E-state index contributed by atoms with van der Waals surface area (Å²) in [5, 5.41) is 3.33. The maximum Gasteiger partial charge on any atom is 0.238 e. The Morgan fingerprint density at radius 3 is 2.95 bits per heavy atom. The molecule has 2 aromatic rings. The number of nitrogens with zero attached hydrogens (tertiary/aromatic N) is 1. The molecule has 1 heterocycles. The van der Waals surface area contributed by atoms with Gasteiger partial charge in [-0.05, 0) is 37.7 Å². The van der Waals surface area contributed by atoms with E-state index < -0.39 is 0 Å². The molecule has 0 fully saturated rings. The van der Waals surface area contributed by atoms with Crippen LogP contribution in [0.2, 0.25) is 0 Å². The molecule has 1 amide bonds. The molecule has 1 aromatic carbocycles. The Morgan fingerprint density at radius 2 is 2.18 bits per heavy atom. The Balaban J connectivity index is 1.64. The second-order valence-electron chi connectivity index (χ2n) is 4.43. The zero-order valence-corrected chi connectivity index (χ0v) is 14.7. The predicted molar refractivity (Wildman–Crippen MR) is 97.1 cm³/mol. The van der Waals surface area contributed by atoms with Crippen LogP contribution in [0.5, 0.6) is 0 Å². The number of benzene rings is 1. The molecular formula is C14H18N4OS3. The van der Waals surface area contributed by atoms with Crippen LogP contribution in [-0.2, 0) is 4.79 Å². The van der Waals surface area contributed by atoms with Crippen molar-refractivity contribution in [3.8, 4) is 0 Å². The number of carbonyl (C=O) groups is 1. The van der Waals surface area contributed by atoms with E-state index in [-0.39, 0.29) is 5.91 Å². The Bertz CT molecular complexity index is 611. The van der Waals surface area contributed by atoms with E-state index in [0.717, 1.165) is 28.6 Å². The van der Waals surface area contributed by atoms with Crippen molar-refractivity contribution in [2.24, 2.45) is 0 Å². The molecule has 0 aliphatic rings. The lowest BCUT2D eigenvalue weighted by atomic mass is 10.3. The molecule has 0 aliphatic carbocycles. The van der Waals surface area contributed by atoms with E-state index in [2.05, 4.69) is 27.2 Å². The minimum atomic E-state index is -0.0647. The largest absolute Gasteiger partial charge is 0.362 e. The van der Waals surface area contributed by atoms with Crippen molar-refractivity contribution < 1.29 is 4.79 Å². The summed E-state index contributed by atoms with van der Waals surface area (Å²) in [7, 11) is 0. The molecule has 118 valence electrons. The number of aromatic nitrogens is 1. The molecule has 0 spiro atoms. The Morgan fingerprint density at radius 1 is 1.36 bits per heavy atom. The van der Waals surface area contributed by atoms with E-state index >= 15 is 0 Å². The first-order chi connectivity index (χ1) is 10.7. The molecule has 0 saturated heterocycles. The summed E-state index contributed by atoms with van der Waals surface area (Å²) in [6.07, 6.45) is 1.25. The van der Waals surface area contributed by atoms with Gasteiger partial charge in [0.15, 0.2) is 9.45 Å². The van der Waals surface area contributed by atoms with Crippen LogP contribution in [0.4, 0.5) is 0 Å². The van der Waals surface area contributed by atoms with Crippen molar-refractivity contribution >= 4 is 56.6 Å². The van der Waals surface area contributed by atoms with Crippen molar-refractivity contribution in [2.45, 2.75) is 24.1 Å². The second kappa shape index (κ2) is 8.92. The molecule has 3 N–H and O–H groups in total. The van der Waals surface area contributed by atoms with Gasteiger partial charge in [-0.1, -0.05) is 23.9 Å². The fourth-order valence-electron chi connectivity index (χ4n) is 1.70. The summed E-state index contributed by atoms with van der Waals surface area (Å²) in [6.45, 7) is 2.66. The Labute approximate surface area is 143 Å². The van der Waals surface area contributed by atoms with E-state index in [0.29, 0.717) is 11.5 Å². The van der Waals surface area contributed by atoms with Crippen LogP contribution in [0.15, 0.2) is 28.6 Å². The zero-order valence-electron chi connectivity index (χ0n) is 12.2. The van der Waals surface area contributed by atoms with Crippen LogP contribution in [0.1, 0.15) is 19.8 Å². The van der Waals surface area contributed by atoms with Gasteiger partial charge in [0.05, 0.1) is 10.2 Å². The maximum absolute atomic E-state index is 11.6. The van der Waals surface area contributed by atoms with E-state index in [1.807, 2.05) is 25.1 Å². The predicted octanol–water partition coefficient (Wildman–Crippen LogP) is 2.68. The number of amides is 1. The highest BCUT2D eigenvalue weighted by Crippen LogP contribution is 2.29. The Hall–Kier alpha value is -1.38. The lowest BCUT2D eigenvalue weighted by Crippen LogP contribution is -2.46. The summed E-state index contributed by atoms with van der Waals surface area (Å²) in [5.41, 5.74) is 6.27. The molecule has 0 bridgehead atoms. The van der Waals surface area contributed by atoms with Crippen molar-refractivity contribution in [3.05, 3.63) is 24.3 Å². The quantitative estimate of drug-likeness (QED) is 0.321. The van der Waals surface area contributed by atoms with Gasteiger partial charge in [-0.15, -0.1) is 11.3 Å². The van der Waals surface area contributed by atoms with Gasteiger partial charge in [0, 0.05) is 18.7 Å². The SMILES string of the molecule is CCNC(=S)NNC(=O)CCCSc1nc2ccccc2s1.